The number of hydrogen-bond acceptors (Lipinski definition) is 3. The summed E-state index contributed by atoms with van der Waals surface area (Å²) in [5.74, 6) is -1.95. The van der Waals surface area contributed by atoms with Crippen LogP contribution in [0.5, 0.6) is 0 Å². The lowest BCUT2D eigenvalue weighted by molar-refractivity contribution is -0.136. The molecule has 0 bridgehead atoms. The summed E-state index contributed by atoms with van der Waals surface area (Å²) in [5, 5.41) is 6.23. The third kappa shape index (κ3) is 4.41. The van der Waals surface area contributed by atoms with Crippen LogP contribution in [0.4, 0.5) is 5.69 Å². The Hall–Kier alpha value is -2.65. The number of halogens is 2. The SMILES string of the molecule is Cc1cc(NC(=O)c2cc3cc(Br)ccc3n2NC(=O)C(=O)NC2CC2)ccc1Br. The van der Waals surface area contributed by atoms with Crippen LogP contribution in [0.15, 0.2) is 51.4 Å². The second-order valence-corrected chi connectivity index (χ2v) is 8.94. The highest BCUT2D eigenvalue weighted by Gasteiger charge is 2.27. The lowest BCUT2D eigenvalue weighted by Crippen LogP contribution is -2.40. The van der Waals surface area contributed by atoms with Crippen LogP contribution < -0.4 is 16.1 Å². The number of carbonyl (C=O) groups is 3. The molecular weight excluding hydrogens is 516 g/mol. The fraction of sp³-hybridized carbons (Fsp3) is 0.190. The summed E-state index contributed by atoms with van der Waals surface area (Å²) in [5.41, 5.74) is 4.96. The van der Waals surface area contributed by atoms with Crippen molar-refractivity contribution in [2.24, 2.45) is 0 Å². The largest absolute Gasteiger partial charge is 0.345 e. The molecule has 1 heterocycles. The summed E-state index contributed by atoms with van der Waals surface area (Å²) >= 11 is 6.85. The van der Waals surface area contributed by atoms with Crippen LogP contribution >= 0.6 is 31.9 Å². The van der Waals surface area contributed by atoms with Gasteiger partial charge >= 0.3 is 11.8 Å². The Kier molecular flexibility index (Phi) is 5.66. The van der Waals surface area contributed by atoms with E-state index in [9.17, 15) is 14.4 Å². The van der Waals surface area contributed by atoms with Gasteiger partial charge in [0.2, 0.25) is 0 Å². The molecular formula is C21H18Br2N4O3. The van der Waals surface area contributed by atoms with Crippen molar-refractivity contribution in [2.75, 3.05) is 10.7 Å². The van der Waals surface area contributed by atoms with Crippen LogP contribution in [0.25, 0.3) is 10.9 Å². The summed E-state index contributed by atoms with van der Waals surface area (Å²) in [6, 6.07) is 12.6. The summed E-state index contributed by atoms with van der Waals surface area (Å²) in [4.78, 5) is 37.5. The van der Waals surface area contributed by atoms with Gasteiger partial charge in [0, 0.05) is 26.1 Å². The maximum absolute atomic E-state index is 13.0. The van der Waals surface area contributed by atoms with Gasteiger partial charge in [-0.1, -0.05) is 31.9 Å². The van der Waals surface area contributed by atoms with Crippen molar-refractivity contribution in [3.63, 3.8) is 0 Å². The van der Waals surface area contributed by atoms with E-state index in [1.54, 1.807) is 24.3 Å². The highest BCUT2D eigenvalue weighted by molar-refractivity contribution is 9.10. The predicted octanol–water partition coefficient (Wildman–Crippen LogP) is 4.08. The molecule has 3 amide bonds. The summed E-state index contributed by atoms with van der Waals surface area (Å²) in [6.45, 7) is 1.92. The number of aryl methyl sites for hydroxylation is 1. The first kappa shape index (κ1) is 20.6. The molecule has 0 aliphatic heterocycles. The molecule has 30 heavy (non-hydrogen) atoms. The van der Waals surface area contributed by atoms with Gasteiger partial charge in [-0.2, -0.15) is 0 Å². The molecule has 7 nitrogen and oxygen atoms in total. The lowest BCUT2D eigenvalue weighted by Gasteiger charge is -2.13. The molecule has 1 saturated carbocycles. The summed E-state index contributed by atoms with van der Waals surface area (Å²) in [6.07, 6.45) is 1.75. The first-order chi connectivity index (χ1) is 14.3. The Balaban J connectivity index is 1.66. The number of benzene rings is 2. The molecule has 1 aliphatic carbocycles. The maximum Gasteiger partial charge on any atom is 0.328 e. The van der Waals surface area contributed by atoms with Crippen LogP contribution in [0.1, 0.15) is 28.9 Å². The monoisotopic (exact) mass is 532 g/mol. The van der Waals surface area contributed by atoms with Gasteiger partial charge in [-0.05, 0) is 67.8 Å². The number of anilines is 1. The molecule has 9 heteroatoms. The van der Waals surface area contributed by atoms with E-state index in [1.165, 1.54) is 4.68 Å². The molecule has 1 aromatic heterocycles. The molecule has 1 aliphatic rings. The highest BCUT2D eigenvalue weighted by atomic mass is 79.9. The standard InChI is InChI=1S/C21H18Br2N4O3/c1-11-8-15(5-6-16(11)23)25-19(28)18-10-12-9-13(22)2-7-17(12)27(18)26-21(30)20(29)24-14-3-4-14/h2,5-10,14H,3-4H2,1H3,(H,24,29)(H,25,28)(H,26,30). The quantitative estimate of drug-likeness (QED) is 0.441. The van der Waals surface area contributed by atoms with E-state index >= 15 is 0 Å². The number of nitrogens with one attached hydrogen (secondary N) is 3. The molecule has 0 spiro atoms. The summed E-state index contributed by atoms with van der Waals surface area (Å²) in [7, 11) is 0. The van der Waals surface area contributed by atoms with E-state index in [2.05, 4.69) is 47.9 Å². The van der Waals surface area contributed by atoms with E-state index in [1.807, 2.05) is 25.1 Å². The number of amides is 3. The number of hydrogen-bond donors (Lipinski definition) is 3. The minimum absolute atomic E-state index is 0.0593. The molecule has 2 aromatic carbocycles. The average Bonchev–Trinajstić information content (AvgIpc) is 3.44. The zero-order chi connectivity index (χ0) is 21.4. The second-order valence-electron chi connectivity index (χ2n) is 7.17. The van der Waals surface area contributed by atoms with Gasteiger partial charge in [0.05, 0.1) is 5.52 Å². The van der Waals surface area contributed by atoms with Crippen LogP contribution in [0, 0.1) is 6.92 Å². The predicted molar refractivity (Wildman–Crippen MR) is 122 cm³/mol. The van der Waals surface area contributed by atoms with Crippen molar-refractivity contribution in [3.8, 4) is 0 Å². The minimum Gasteiger partial charge on any atom is -0.345 e. The Labute approximate surface area is 189 Å². The zero-order valence-corrected chi connectivity index (χ0v) is 19.1. The van der Waals surface area contributed by atoms with E-state index in [4.69, 9.17) is 0 Å². The highest BCUT2D eigenvalue weighted by Crippen LogP contribution is 2.25. The number of aromatic nitrogens is 1. The molecule has 154 valence electrons. The first-order valence-corrected chi connectivity index (χ1v) is 10.9. The van der Waals surface area contributed by atoms with Crippen molar-refractivity contribution in [1.82, 2.24) is 9.99 Å². The van der Waals surface area contributed by atoms with Gasteiger partial charge in [-0.25, -0.2) is 4.68 Å². The van der Waals surface area contributed by atoms with Crippen molar-refractivity contribution in [1.29, 1.82) is 0 Å². The Morgan fingerprint density at radius 2 is 1.77 bits per heavy atom. The van der Waals surface area contributed by atoms with Crippen LogP contribution in [-0.2, 0) is 9.59 Å². The topological polar surface area (TPSA) is 92.2 Å². The first-order valence-electron chi connectivity index (χ1n) is 9.32. The Morgan fingerprint density at radius 3 is 2.47 bits per heavy atom. The van der Waals surface area contributed by atoms with Gasteiger partial charge in [0.1, 0.15) is 5.69 Å². The van der Waals surface area contributed by atoms with Gasteiger partial charge in [-0.3, -0.25) is 19.8 Å². The maximum atomic E-state index is 13.0. The van der Waals surface area contributed by atoms with E-state index < -0.39 is 17.7 Å². The molecule has 3 N–H and O–H groups in total. The fourth-order valence-electron chi connectivity index (χ4n) is 3.02. The number of rotatable bonds is 4. The molecule has 0 radical (unpaired) electrons. The second kappa shape index (κ2) is 8.23. The molecule has 1 fully saturated rings. The van der Waals surface area contributed by atoms with Crippen LogP contribution in [0.3, 0.4) is 0 Å². The summed E-state index contributed by atoms with van der Waals surface area (Å²) < 4.78 is 3.12. The Bertz CT molecular complexity index is 1180. The molecule has 3 aromatic rings. The van der Waals surface area contributed by atoms with E-state index in [0.29, 0.717) is 11.2 Å². The normalized spacial score (nSPS) is 13.2. The fourth-order valence-corrected chi connectivity index (χ4v) is 3.65. The molecule has 0 unspecified atom stereocenters. The van der Waals surface area contributed by atoms with Crippen LogP contribution in [0.2, 0.25) is 0 Å². The number of fused-ring (bicyclic) bond motifs is 1. The third-order valence-electron chi connectivity index (χ3n) is 4.74. The molecule has 4 rings (SSSR count). The molecule has 0 atom stereocenters. The van der Waals surface area contributed by atoms with Gasteiger partial charge in [0.25, 0.3) is 5.91 Å². The van der Waals surface area contributed by atoms with E-state index in [-0.39, 0.29) is 11.7 Å². The van der Waals surface area contributed by atoms with Crippen molar-refractivity contribution < 1.29 is 14.4 Å². The third-order valence-corrected chi connectivity index (χ3v) is 6.13. The van der Waals surface area contributed by atoms with Crippen molar-refractivity contribution in [3.05, 3.63) is 62.7 Å². The number of carbonyl (C=O) groups excluding carboxylic acids is 3. The molecule has 0 saturated heterocycles. The van der Waals surface area contributed by atoms with Crippen molar-refractivity contribution >= 4 is 66.2 Å². The smallest absolute Gasteiger partial charge is 0.328 e. The Morgan fingerprint density at radius 1 is 1.00 bits per heavy atom. The van der Waals surface area contributed by atoms with Crippen molar-refractivity contribution in [2.45, 2.75) is 25.8 Å². The minimum atomic E-state index is -0.823. The average molecular weight is 534 g/mol. The van der Waals surface area contributed by atoms with Gasteiger partial charge in [0.15, 0.2) is 0 Å². The van der Waals surface area contributed by atoms with E-state index in [0.717, 1.165) is 32.7 Å². The lowest BCUT2D eigenvalue weighted by atomic mass is 10.2. The number of nitrogens with zero attached hydrogens (tertiary/aromatic N) is 1. The van der Waals surface area contributed by atoms with Gasteiger partial charge in [-0.15, -0.1) is 0 Å². The van der Waals surface area contributed by atoms with Gasteiger partial charge < -0.3 is 10.6 Å². The van der Waals surface area contributed by atoms with Crippen LogP contribution in [-0.4, -0.2) is 28.4 Å². The zero-order valence-electron chi connectivity index (χ0n) is 16.0.